The van der Waals surface area contributed by atoms with E-state index in [1.165, 1.54) is 0 Å². The lowest BCUT2D eigenvalue weighted by atomic mass is 10.1. The first kappa shape index (κ1) is 15.7. The molecule has 1 amide bonds. The van der Waals surface area contributed by atoms with Gasteiger partial charge in [-0.1, -0.05) is 26.7 Å². The van der Waals surface area contributed by atoms with Gasteiger partial charge in [0.2, 0.25) is 11.9 Å². The highest BCUT2D eigenvalue weighted by atomic mass is 16.1. The zero-order chi connectivity index (χ0) is 14.1. The summed E-state index contributed by atoms with van der Waals surface area (Å²) in [6, 6.07) is 0. The number of carbonyl (C=O) groups excluding carboxylic acids is 1. The molecule has 1 aromatic heterocycles. The van der Waals surface area contributed by atoms with E-state index in [9.17, 15) is 4.79 Å². The molecule has 0 bridgehead atoms. The van der Waals surface area contributed by atoms with Crippen molar-refractivity contribution in [1.29, 1.82) is 0 Å². The van der Waals surface area contributed by atoms with Crippen LogP contribution in [0.25, 0.3) is 0 Å². The second kappa shape index (κ2) is 8.69. The quantitative estimate of drug-likeness (QED) is 0.674. The fraction of sp³-hybridized carbons (Fsp3) is 0.714. The smallest absolute Gasteiger partial charge is 0.226 e. The van der Waals surface area contributed by atoms with Crippen LogP contribution in [0.5, 0.6) is 0 Å². The highest BCUT2D eigenvalue weighted by Crippen LogP contribution is 2.10. The zero-order valence-electron chi connectivity index (χ0n) is 12.1. The van der Waals surface area contributed by atoms with Gasteiger partial charge in [-0.05, 0) is 25.3 Å². The fourth-order valence-corrected chi connectivity index (χ4v) is 1.94. The number of aromatic nitrogens is 2. The molecule has 0 aliphatic carbocycles. The molecule has 1 rings (SSSR count). The van der Waals surface area contributed by atoms with Crippen LogP contribution in [-0.4, -0.2) is 22.0 Å². The van der Waals surface area contributed by atoms with Crippen molar-refractivity contribution >= 4 is 11.9 Å². The fourth-order valence-electron chi connectivity index (χ4n) is 1.94. The zero-order valence-corrected chi connectivity index (χ0v) is 12.1. The second-order valence-corrected chi connectivity index (χ2v) is 5.30. The van der Waals surface area contributed by atoms with Gasteiger partial charge in [-0.15, -0.1) is 0 Å². The van der Waals surface area contributed by atoms with Gasteiger partial charge in [0, 0.05) is 25.4 Å². The van der Waals surface area contributed by atoms with Crippen LogP contribution in [0.2, 0.25) is 0 Å². The lowest BCUT2D eigenvalue weighted by Crippen LogP contribution is -2.16. The second-order valence-electron chi connectivity index (χ2n) is 5.30. The molecule has 0 saturated heterocycles. The summed E-state index contributed by atoms with van der Waals surface area (Å²) >= 11 is 0. The maximum Gasteiger partial charge on any atom is 0.226 e. The number of carbonyl (C=O) groups is 1. The number of imidazole rings is 1. The SMILES string of the molecule is CC(C)Cn1ccnc1NC(=O)CCCCCCN. The van der Waals surface area contributed by atoms with Gasteiger partial charge in [-0.2, -0.15) is 0 Å². The molecular weight excluding hydrogens is 240 g/mol. The van der Waals surface area contributed by atoms with Crippen LogP contribution in [0.3, 0.4) is 0 Å². The summed E-state index contributed by atoms with van der Waals surface area (Å²) in [5.41, 5.74) is 5.43. The number of nitrogens with zero attached hydrogens (tertiary/aromatic N) is 2. The monoisotopic (exact) mass is 266 g/mol. The van der Waals surface area contributed by atoms with Crippen LogP contribution >= 0.6 is 0 Å². The third-order valence-electron chi connectivity index (χ3n) is 2.89. The van der Waals surface area contributed by atoms with Crippen LogP contribution in [0.1, 0.15) is 46.0 Å². The number of hydrogen-bond donors (Lipinski definition) is 2. The van der Waals surface area contributed by atoms with Gasteiger partial charge in [-0.25, -0.2) is 4.98 Å². The molecule has 0 aliphatic rings. The average Bonchev–Trinajstić information content (AvgIpc) is 2.75. The number of nitrogens with two attached hydrogens (primary N) is 1. The molecule has 19 heavy (non-hydrogen) atoms. The summed E-state index contributed by atoms with van der Waals surface area (Å²) in [5.74, 6) is 1.23. The third-order valence-corrected chi connectivity index (χ3v) is 2.89. The molecule has 5 nitrogen and oxygen atoms in total. The van der Waals surface area contributed by atoms with Gasteiger partial charge in [0.1, 0.15) is 0 Å². The summed E-state index contributed by atoms with van der Waals surface area (Å²) in [4.78, 5) is 16.0. The summed E-state index contributed by atoms with van der Waals surface area (Å²) in [7, 11) is 0. The van der Waals surface area contributed by atoms with Crippen molar-refractivity contribution in [3.05, 3.63) is 12.4 Å². The van der Waals surface area contributed by atoms with Crippen molar-refractivity contribution in [3.63, 3.8) is 0 Å². The Morgan fingerprint density at radius 1 is 1.37 bits per heavy atom. The molecule has 0 spiro atoms. The van der Waals surface area contributed by atoms with E-state index in [1.54, 1.807) is 6.20 Å². The van der Waals surface area contributed by atoms with E-state index in [0.29, 0.717) is 18.3 Å². The summed E-state index contributed by atoms with van der Waals surface area (Å²) in [5, 5.41) is 2.88. The van der Waals surface area contributed by atoms with Gasteiger partial charge in [0.15, 0.2) is 0 Å². The number of nitrogens with one attached hydrogen (secondary N) is 1. The Labute approximate surface area is 115 Å². The predicted octanol–water partition coefficient (Wildman–Crippen LogP) is 2.39. The van der Waals surface area contributed by atoms with E-state index in [4.69, 9.17) is 5.73 Å². The van der Waals surface area contributed by atoms with Crippen molar-refractivity contribution < 1.29 is 4.79 Å². The highest BCUT2D eigenvalue weighted by Gasteiger charge is 2.08. The van der Waals surface area contributed by atoms with E-state index < -0.39 is 0 Å². The minimum atomic E-state index is 0.0453. The number of amides is 1. The molecule has 0 aromatic carbocycles. The molecule has 0 aliphatic heterocycles. The Kier molecular flexibility index (Phi) is 7.18. The highest BCUT2D eigenvalue weighted by molar-refractivity contribution is 5.88. The molecule has 3 N–H and O–H groups in total. The Morgan fingerprint density at radius 2 is 2.11 bits per heavy atom. The van der Waals surface area contributed by atoms with Gasteiger partial charge >= 0.3 is 0 Å². The van der Waals surface area contributed by atoms with Gasteiger partial charge < -0.3 is 10.3 Å². The first-order chi connectivity index (χ1) is 9.13. The number of anilines is 1. The van der Waals surface area contributed by atoms with E-state index in [0.717, 1.165) is 38.8 Å². The molecule has 1 heterocycles. The number of rotatable bonds is 9. The van der Waals surface area contributed by atoms with Gasteiger partial charge in [-0.3, -0.25) is 10.1 Å². The number of unbranched alkanes of at least 4 members (excludes halogenated alkanes) is 3. The van der Waals surface area contributed by atoms with E-state index >= 15 is 0 Å². The summed E-state index contributed by atoms with van der Waals surface area (Å²) < 4.78 is 1.98. The molecule has 108 valence electrons. The van der Waals surface area contributed by atoms with E-state index in [1.807, 2.05) is 10.8 Å². The molecule has 0 fully saturated rings. The van der Waals surface area contributed by atoms with Gasteiger partial charge in [0.25, 0.3) is 0 Å². The molecular formula is C14H26N4O. The van der Waals surface area contributed by atoms with E-state index in [2.05, 4.69) is 24.1 Å². The summed E-state index contributed by atoms with van der Waals surface area (Å²) in [6.45, 7) is 5.89. The van der Waals surface area contributed by atoms with Crippen molar-refractivity contribution in [3.8, 4) is 0 Å². The van der Waals surface area contributed by atoms with Crippen LogP contribution < -0.4 is 11.1 Å². The topological polar surface area (TPSA) is 72.9 Å². The summed E-state index contributed by atoms with van der Waals surface area (Å²) in [6.07, 6.45) is 8.29. The van der Waals surface area contributed by atoms with Crippen LogP contribution in [0.4, 0.5) is 5.95 Å². The normalized spacial score (nSPS) is 10.9. The Morgan fingerprint density at radius 3 is 2.79 bits per heavy atom. The number of hydrogen-bond acceptors (Lipinski definition) is 3. The van der Waals surface area contributed by atoms with Crippen molar-refractivity contribution in [1.82, 2.24) is 9.55 Å². The molecule has 0 atom stereocenters. The van der Waals surface area contributed by atoms with Crippen LogP contribution in [-0.2, 0) is 11.3 Å². The molecule has 0 unspecified atom stereocenters. The first-order valence-corrected chi connectivity index (χ1v) is 7.14. The van der Waals surface area contributed by atoms with Crippen molar-refractivity contribution in [2.75, 3.05) is 11.9 Å². The van der Waals surface area contributed by atoms with Crippen molar-refractivity contribution in [2.45, 2.75) is 52.5 Å². The molecule has 0 saturated carbocycles. The van der Waals surface area contributed by atoms with Crippen molar-refractivity contribution in [2.24, 2.45) is 11.7 Å². The van der Waals surface area contributed by atoms with Gasteiger partial charge in [0.05, 0.1) is 0 Å². The average molecular weight is 266 g/mol. The van der Waals surface area contributed by atoms with E-state index in [-0.39, 0.29) is 5.91 Å². The lowest BCUT2D eigenvalue weighted by molar-refractivity contribution is -0.116. The minimum absolute atomic E-state index is 0.0453. The lowest BCUT2D eigenvalue weighted by Gasteiger charge is -2.10. The van der Waals surface area contributed by atoms with Crippen LogP contribution in [0.15, 0.2) is 12.4 Å². The molecule has 0 radical (unpaired) electrons. The largest absolute Gasteiger partial charge is 0.330 e. The maximum atomic E-state index is 11.8. The standard InChI is InChI=1S/C14H26N4O/c1-12(2)11-18-10-9-16-14(18)17-13(19)7-5-3-4-6-8-15/h9-10,12H,3-8,11,15H2,1-2H3,(H,16,17,19). The molecule has 5 heteroatoms. The predicted molar refractivity (Wildman–Crippen MR) is 77.8 cm³/mol. The maximum absolute atomic E-state index is 11.8. The Balaban J connectivity index is 2.30. The molecule has 1 aromatic rings. The third kappa shape index (κ3) is 6.38. The Bertz CT molecular complexity index is 373. The first-order valence-electron chi connectivity index (χ1n) is 7.14. The minimum Gasteiger partial charge on any atom is -0.330 e. The Hall–Kier alpha value is -1.36. The van der Waals surface area contributed by atoms with Crippen LogP contribution in [0, 0.1) is 5.92 Å².